The standard InChI is InChI=1S/C12H20O3Si/c1-16(2,3)12-9(14)6-7-4-5-8(13)11(15)10(7)12/h7-8,11,13,15H,4-6H2,1-3H3/t7-,8-,11+/m0/s1. The van der Waals surface area contributed by atoms with Crippen LogP contribution >= 0.6 is 0 Å². The maximum absolute atomic E-state index is 12.0. The Hall–Kier alpha value is -0.453. The van der Waals surface area contributed by atoms with Crippen molar-refractivity contribution in [3.63, 3.8) is 0 Å². The van der Waals surface area contributed by atoms with Gasteiger partial charge >= 0.3 is 0 Å². The van der Waals surface area contributed by atoms with Crippen LogP contribution in [0.3, 0.4) is 0 Å². The quantitative estimate of drug-likeness (QED) is 0.679. The number of hydrogen-bond acceptors (Lipinski definition) is 3. The lowest BCUT2D eigenvalue weighted by atomic mass is 9.82. The molecule has 3 atom stereocenters. The van der Waals surface area contributed by atoms with Gasteiger partial charge in [0.25, 0.3) is 0 Å². The number of rotatable bonds is 1. The molecule has 0 aromatic rings. The van der Waals surface area contributed by atoms with Gasteiger partial charge in [0, 0.05) is 6.42 Å². The molecule has 2 N–H and O–H groups in total. The fourth-order valence-electron chi connectivity index (χ4n) is 3.04. The Labute approximate surface area is 97.2 Å². The Morgan fingerprint density at radius 1 is 1.19 bits per heavy atom. The Bertz CT molecular complexity index is 354. The number of Topliss-reactive ketones (excluding diaryl/α,β-unsaturated/α-hetero) is 1. The summed E-state index contributed by atoms with van der Waals surface area (Å²) < 4.78 is 0. The molecule has 1 saturated carbocycles. The Morgan fingerprint density at radius 3 is 2.38 bits per heavy atom. The van der Waals surface area contributed by atoms with Crippen LogP contribution in [0.1, 0.15) is 19.3 Å². The van der Waals surface area contributed by atoms with Gasteiger partial charge in [0.2, 0.25) is 0 Å². The molecule has 0 bridgehead atoms. The summed E-state index contributed by atoms with van der Waals surface area (Å²) in [5.41, 5.74) is 0.878. The third-order valence-corrected chi connectivity index (χ3v) is 5.75. The first-order valence-corrected chi connectivity index (χ1v) is 9.46. The number of aliphatic hydroxyl groups excluding tert-OH is 2. The first-order valence-electron chi connectivity index (χ1n) is 5.96. The van der Waals surface area contributed by atoms with Gasteiger partial charge in [-0.15, -0.1) is 0 Å². The van der Waals surface area contributed by atoms with E-state index in [1.807, 2.05) is 0 Å². The van der Waals surface area contributed by atoms with E-state index >= 15 is 0 Å². The van der Waals surface area contributed by atoms with Crippen LogP contribution in [0.15, 0.2) is 10.8 Å². The Balaban J connectivity index is 2.48. The van der Waals surface area contributed by atoms with Gasteiger partial charge < -0.3 is 10.2 Å². The lowest BCUT2D eigenvalue weighted by Crippen LogP contribution is -2.38. The predicted molar refractivity (Wildman–Crippen MR) is 64.7 cm³/mol. The third kappa shape index (κ3) is 1.79. The van der Waals surface area contributed by atoms with Crippen LogP contribution < -0.4 is 0 Å². The lowest BCUT2D eigenvalue weighted by Gasteiger charge is -2.32. The molecule has 0 aromatic carbocycles. The molecule has 1 fully saturated rings. The van der Waals surface area contributed by atoms with Crippen LogP contribution in [-0.2, 0) is 4.79 Å². The van der Waals surface area contributed by atoms with Crippen LogP contribution in [0, 0.1) is 5.92 Å². The minimum Gasteiger partial charge on any atom is -0.390 e. The molecular formula is C12H20O3Si. The van der Waals surface area contributed by atoms with Gasteiger partial charge in [-0.1, -0.05) is 19.6 Å². The van der Waals surface area contributed by atoms with Crippen LogP contribution in [0.5, 0.6) is 0 Å². The maximum atomic E-state index is 12.0. The summed E-state index contributed by atoms with van der Waals surface area (Å²) in [4.78, 5) is 12.0. The number of allylic oxidation sites excluding steroid dienone is 1. The summed E-state index contributed by atoms with van der Waals surface area (Å²) in [6.45, 7) is 6.38. The second-order valence-corrected chi connectivity index (χ2v) is 11.0. The van der Waals surface area contributed by atoms with E-state index in [1.54, 1.807) is 0 Å². The molecule has 0 heterocycles. The van der Waals surface area contributed by atoms with Crippen molar-refractivity contribution in [3.8, 4) is 0 Å². The van der Waals surface area contributed by atoms with Crippen molar-refractivity contribution in [2.75, 3.05) is 0 Å². The van der Waals surface area contributed by atoms with Crippen LogP contribution in [0.2, 0.25) is 19.6 Å². The molecule has 3 nitrogen and oxygen atoms in total. The zero-order valence-electron chi connectivity index (χ0n) is 10.2. The average molecular weight is 240 g/mol. The molecule has 0 radical (unpaired) electrons. The van der Waals surface area contributed by atoms with E-state index < -0.39 is 20.3 Å². The van der Waals surface area contributed by atoms with Crippen molar-refractivity contribution in [1.29, 1.82) is 0 Å². The highest BCUT2D eigenvalue weighted by molar-refractivity contribution is 6.87. The van der Waals surface area contributed by atoms with Crippen molar-refractivity contribution in [1.82, 2.24) is 0 Å². The van der Waals surface area contributed by atoms with E-state index in [2.05, 4.69) is 19.6 Å². The monoisotopic (exact) mass is 240 g/mol. The topological polar surface area (TPSA) is 57.5 Å². The highest BCUT2D eigenvalue weighted by Gasteiger charge is 2.44. The van der Waals surface area contributed by atoms with Crippen LogP contribution in [-0.4, -0.2) is 36.3 Å². The summed E-state index contributed by atoms with van der Waals surface area (Å²) >= 11 is 0. The van der Waals surface area contributed by atoms with E-state index in [-0.39, 0.29) is 11.7 Å². The molecular weight excluding hydrogens is 220 g/mol. The fraction of sp³-hybridized carbons (Fsp3) is 0.750. The Kier molecular flexibility index (Phi) is 2.84. The molecule has 0 unspecified atom stereocenters. The van der Waals surface area contributed by atoms with E-state index in [0.29, 0.717) is 12.8 Å². The third-order valence-electron chi connectivity index (χ3n) is 3.68. The summed E-state index contributed by atoms with van der Waals surface area (Å²) in [6, 6.07) is 0. The number of carbonyl (C=O) groups excluding carboxylic acids is 1. The highest BCUT2D eigenvalue weighted by Crippen LogP contribution is 2.43. The molecule has 90 valence electrons. The Morgan fingerprint density at radius 2 is 1.81 bits per heavy atom. The van der Waals surface area contributed by atoms with Crippen molar-refractivity contribution < 1.29 is 15.0 Å². The molecule has 2 aliphatic carbocycles. The lowest BCUT2D eigenvalue weighted by molar-refractivity contribution is -0.115. The van der Waals surface area contributed by atoms with E-state index in [9.17, 15) is 15.0 Å². The molecule has 16 heavy (non-hydrogen) atoms. The zero-order chi connectivity index (χ0) is 12.1. The van der Waals surface area contributed by atoms with Gasteiger partial charge in [0.15, 0.2) is 5.78 Å². The summed E-state index contributed by atoms with van der Waals surface area (Å²) in [5, 5.41) is 20.7. The molecule has 2 rings (SSSR count). The smallest absolute Gasteiger partial charge is 0.155 e. The number of fused-ring (bicyclic) bond motifs is 1. The number of carbonyl (C=O) groups is 1. The van der Waals surface area contributed by atoms with Crippen molar-refractivity contribution >= 4 is 13.9 Å². The van der Waals surface area contributed by atoms with Gasteiger partial charge in [-0.3, -0.25) is 4.79 Å². The van der Waals surface area contributed by atoms with Crippen molar-refractivity contribution in [3.05, 3.63) is 10.8 Å². The molecule has 0 spiro atoms. The molecule has 2 aliphatic rings. The summed E-state index contributed by atoms with van der Waals surface area (Å²) in [6.07, 6.45) is 0.531. The number of aliphatic hydroxyl groups is 2. The van der Waals surface area contributed by atoms with Crippen LogP contribution in [0.4, 0.5) is 0 Å². The predicted octanol–water partition coefficient (Wildman–Crippen LogP) is 1.26. The number of hydrogen-bond donors (Lipinski definition) is 2. The van der Waals surface area contributed by atoms with Crippen LogP contribution in [0.25, 0.3) is 0 Å². The first-order chi connectivity index (χ1) is 7.32. The molecule has 0 saturated heterocycles. The molecule has 0 aromatic heterocycles. The minimum absolute atomic E-state index is 0.202. The van der Waals surface area contributed by atoms with Gasteiger partial charge in [-0.05, 0) is 29.5 Å². The van der Waals surface area contributed by atoms with E-state index in [1.165, 1.54) is 0 Å². The van der Waals surface area contributed by atoms with Crippen molar-refractivity contribution in [2.24, 2.45) is 5.92 Å². The molecule has 0 amide bonds. The van der Waals surface area contributed by atoms with Crippen molar-refractivity contribution in [2.45, 2.75) is 51.1 Å². The second kappa shape index (κ2) is 3.79. The van der Waals surface area contributed by atoms with Gasteiger partial charge in [0.1, 0.15) is 6.10 Å². The van der Waals surface area contributed by atoms with Gasteiger partial charge in [-0.25, -0.2) is 0 Å². The minimum atomic E-state index is -1.71. The molecule has 0 aliphatic heterocycles. The maximum Gasteiger partial charge on any atom is 0.155 e. The second-order valence-electron chi connectivity index (χ2n) is 5.99. The summed E-state index contributed by atoms with van der Waals surface area (Å²) in [5.74, 6) is 0.417. The largest absolute Gasteiger partial charge is 0.390 e. The van der Waals surface area contributed by atoms with E-state index in [0.717, 1.165) is 17.2 Å². The first kappa shape index (κ1) is 12.0. The number of ketones is 1. The zero-order valence-corrected chi connectivity index (χ0v) is 11.2. The SMILES string of the molecule is C[Si](C)(C)C1=C2[C@@H](CC[C@H](O)[C@H]2O)CC1=O. The summed E-state index contributed by atoms with van der Waals surface area (Å²) in [7, 11) is -1.71. The highest BCUT2D eigenvalue weighted by atomic mass is 28.3. The van der Waals surface area contributed by atoms with Gasteiger partial charge in [0.05, 0.1) is 14.2 Å². The fourth-order valence-corrected chi connectivity index (χ4v) is 5.19. The van der Waals surface area contributed by atoms with E-state index in [4.69, 9.17) is 0 Å². The average Bonchev–Trinajstić information content (AvgIpc) is 2.48. The van der Waals surface area contributed by atoms with Gasteiger partial charge in [-0.2, -0.15) is 0 Å². The normalized spacial score (nSPS) is 35.6. The molecule has 4 heteroatoms.